The van der Waals surface area contributed by atoms with Crippen molar-refractivity contribution < 1.29 is 14.3 Å². The summed E-state index contributed by atoms with van der Waals surface area (Å²) in [5.41, 5.74) is 11.6. The van der Waals surface area contributed by atoms with E-state index >= 15 is 0 Å². The van der Waals surface area contributed by atoms with E-state index in [0.29, 0.717) is 12.1 Å². The third-order valence-electron chi connectivity index (χ3n) is 3.52. The molecule has 6 nitrogen and oxygen atoms in total. The van der Waals surface area contributed by atoms with Gasteiger partial charge in [0.2, 0.25) is 0 Å². The minimum absolute atomic E-state index is 0.145. The highest BCUT2D eigenvalue weighted by atomic mass is 16.6. The van der Waals surface area contributed by atoms with E-state index in [9.17, 15) is 9.59 Å². The van der Waals surface area contributed by atoms with Gasteiger partial charge < -0.3 is 25.9 Å². The number of nitrogen functional groups attached to an aromatic ring is 1. The summed E-state index contributed by atoms with van der Waals surface area (Å²) in [6.45, 7) is 3.48. The van der Waals surface area contributed by atoms with Gasteiger partial charge >= 0.3 is 6.09 Å². The van der Waals surface area contributed by atoms with Gasteiger partial charge in [-0.1, -0.05) is 12.1 Å². The SMILES string of the molecule is CN(C)[C@H](c1ccc(N)cc1)[C@@H](C=O)CC(C)(C)OC(N)=O. The molecule has 6 heteroatoms. The maximum atomic E-state index is 11.6. The molecule has 0 fully saturated rings. The number of nitrogens with zero attached hydrogens (tertiary/aromatic N) is 1. The van der Waals surface area contributed by atoms with Crippen molar-refractivity contribution in [3.8, 4) is 0 Å². The van der Waals surface area contributed by atoms with Crippen LogP contribution in [0.15, 0.2) is 24.3 Å². The molecule has 122 valence electrons. The van der Waals surface area contributed by atoms with Gasteiger partial charge in [0.1, 0.15) is 11.9 Å². The Balaban J connectivity index is 3.03. The van der Waals surface area contributed by atoms with Crippen LogP contribution in [-0.4, -0.2) is 37.0 Å². The smallest absolute Gasteiger partial charge is 0.405 e. The van der Waals surface area contributed by atoms with Crippen LogP contribution in [0.1, 0.15) is 31.9 Å². The van der Waals surface area contributed by atoms with Crippen molar-refractivity contribution in [2.75, 3.05) is 19.8 Å². The summed E-state index contributed by atoms with van der Waals surface area (Å²) in [6, 6.07) is 7.27. The molecule has 2 atom stereocenters. The van der Waals surface area contributed by atoms with Gasteiger partial charge in [-0.2, -0.15) is 0 Å². The van der Waals surface area contributed by atoms with Crippen molar-refractivity contribution in [1.29, 1.82) is 0 Å². The number of anilines is 1. The second-order valence-corrected chi connectivity index (χ2v) is 6.26. The van der Waals surface area contributed by atoms with Crippen LogP contribution in [0.5, 0.6) is 0 Å². The van der Waals surface area contributed by atoms with Gasteiger partial charge in [0.15, 0.2) is 0 Å². The molecule has 0 aliphatic rings. The number of carbonyl (C=O) groups excluding carboxylic acids is 2. The monoisotopic (exact) mass is 307 g/mol. The second kappa shape index (κ2) is 7.26. The average Bonchev–Trinajstić information content (AvgIpc) is 2.38. The van der Waals surface area contributed by atoms with E-state index in [-0.39, 0.29) is 12.0 Å². The molecule has 0 bridgehead atoms. The number of nitrogens with two attached hydrogens (primary N) is 2. The van der Waals surface area contributed by atoms with Crippen molar-refractivity contribution >= 4 is 18.1 Å². The van der Waals surface area contributed by atoms with Gasteiger partial charge in [-0.25, -0.2) is 4.79 Å². The third kappa shape index (κ3) is 5.04. The lowest BCUT2D eigenvalue weighted by Crippen LogP contribution is -2.37. The fraction of sp³-hybridized carbons (Fsp3) is 0.500. The topological polar surface area (TPSA) is 98.7 Å². The summed E-state index contributed by atoms with van der Waals surface area (Å²) in [6.07, 6.45) is 0.420. The molecule has 0 aliphatic heterocycles. The summed E-state index contributed by atoms with van der Waals surface area (Å²) < 4.78 is 5.10. The molecular formula is C16H25N3O3. The van der Waals surface area contributed by atoms with Crippen molar-refractivity contribution in [3.05, 3.63) is 29.8 Å². The second-order valence-electron chi connectivity index (χ2n) is 6.26. The largest absolute Gasteiger partial charge is 0.444 e. The van der Waals surface area contributed by atoms with Gasteiger partial charge in [0, 0.05) is 17.6 Å². The number of carbonyl (C=O) groups is 2. The Morgan fingerprint density at radius 1 is 1.32 bits per heavy atom. The maximum absolute atomic E-state index is 11.6. The van der Waals surface area contributed by atoms with E-state index in [1.165, 1.54) is 0 Å². The van der Waals surface area contributed by atoms with E-state index in [1.54, 1.807) is 26.0 Å². The number of hydrogen-bond donors (Lipinski definition) is 2. The predicted molar refractivity (Wildman–Crippen MR) is 86.2 cm³/mol. The molecule has 1 amide bonds. The first-order chi connectivity index (χ1) is 10.2. The number of benzene rings is 1. The van der Waals surface area contributed by atoms with E-state index in [2.05, 4.69) is 0 Å². The predicted octanol–water partition coefficient (Wildman–Crippen LogP) is 1.95. The zero-order chi connectivity index (χ0) is 16.9. The average molecular weight is 307 g/mol. The summed E-state index contributed by atoms with van der Waals surface area (Å²) in [5.74, 6) is -0.354. The molecule has 0 radical (unpaired) electrons. The molecule has 0 aromatic heterocycles. The van der Waals surface area contributed by atoms with Crippen LogP contribution in [0.4, 0.5) is 10.5 Å². The molecule has 0 saturated heterocycles. The van der Waals surface area contributed by atoms with E-state index in [4.69, 9.17) is 16.2 Å². The van der Waals surface area contributed by atoms with Crippen LogP contribution in [0, 0.1) is 5.92 Å². The summed E-state index contributed by atoms with van der Waals surface area (Å²) in [7, 11) is 3.80. The number of amides is 1. The van der Waals surface area contributed by atoms with Crippen LogP contribution in [0.2, 0.25) is 0 Å². The lowest BCUT2D eigenvalue weighted by atomic mass is 9.84. The fourth-order valence-corrected chi connectivity index (χ4v) is 2.74. The Morgan fingerprint density at radius 2 is 1.86 bits per heavy atom. The third-order valence-corrected chi connectivity index (χ3v) is 3.52. The standard InChI is InChI=1S/C16H25N3O3/c1-16(2,22-15(18)21)9-12(10-20)14(19(3)4)11-5-7-13(17)8-6-11/h5-8,10,12,14H,9,17H2,1-4H3,(H2,18,21)/t12-,14-/m1/s1. The molecule has 0 aliphatic carbocycles. The first-order valence-corrected chi connectivity index (χ1v) is 7.12. The fourth-order valence-electron chi connectivity index (χ4n) is 2.74. The first-order valence-electron chi connectivity index (χ1n) is 7.12. The number of hydrogen-bond acceptors (Lipinski definition) is 5. The normalized spacial score (nSPS) is 14.4. The summed E-state index contributed by atoms with van der Waals surface area (Å²) >= 11 is 0. The van der Waals surface area contributed by atoms with Gasteiger partial charge in [0.05, 0.1) is 0 Å². The molecule has 4 N–H and O–H groups in total. The van der Waals surface area contributed by atoms with E-state index in [0.717, 1.165) is 11.8 Å². The molecule has 0 spiro atoms. The Bertz CT molecular complexity index is 512. The molecule has 0 heterocycles. The molecule has 0 unspecified atom stereocenters. The Hall–Kier alpha value is -2.08. The lowest BCUT2D eigenvalue weighted by Gasteiger charge is -2.34. The highest BCUT2D eigenvalue weighted by Gasteiger charge is 2.33. The molecule has 22 heavy (non-hydrogen) atoms. The van der Waals surface area contributed by atoms with Crippen LogP contribution in [0.3, 0.4) is 0 Å². The molecular weight excluding hydrogens is 282 g/mol. The van der Waals surface area contributed by atoms with Gasteiger partial charge in [-0.15, -0.1) is 0 Å². The van der Waals surface area contributed by atoms with Crippen LogP contribution in [0.25, 0.3) is 0 Å². The van der Waals surface area contributed by atoms with Crippen LogP contribution >= 0.6 is 0 Å². The first kappa shape index (κ1) is 18.0. The minimum atomic E-state index is -0.844. The van der Waals surface area contributed by atoms with Crippen LogP contribution in [-0.2, 0) is 9.53 Å². The number of aldehydes is 1. The molecule has 0 saturated carbocycles. The van der Waals surface area contributed by atoms with Gasteiger partial charge in [0.25, 0.3) is 0 Å². The van der Waals surface area contributed by atoms with Crippen molar-refractivity contribution in [2.45, 2.75) is 31.9 Å². The van der Waals surface area contributed by atoms with E-state index in [1.807, 2.05) is 31.1 Å². The lowest BCUT2D eigenvalue weighted by molar-refractivity contribution is -0.115. The van der Waals surface area contributed by atoms with Gasteiger partial charge in [-0.3, -0.25) is 0 Å². The van der Waals surface area contributed by atoms with Gasteiger partial charge in [-0.05, 0) is 52.1 Å². The number of primary amides is 1. The Morgan fingerprint density at radius 3 is 2.27 bits per heavy atom. The quantitative estimate of drug-likeness (QED) is 0.592. The highest BCUT2D eigenvalue weighted by Crippen LogP contribution is 2.33. The highest BCUT2D eigenvalue weighted by molar-refractivity contribution is 5.65. The minimum Gasteiger partial charge on any atom is -0.444 e. The zero-order valence-corrected chi connectivity index (χ0v) is 13.6. The molecule has 1 rings (SSSR count). The molecule has 1 aromatic carbocycles. The Labute approximate surface area is 131 Å². The van der Waals surface area contributed by atoms with Crippen molar-refractivity contribution in [1.82, 2.24) is 4.90 Å². The molecule has 1 aromatic rings. The van der Waals surface area contributed by atoms with E-state index < -0.39 is 11.7 Å². The maximum Gasteiger partial charge on any atom is 0.405 e. The Kier molecular flexibility index (Phi) is 5.93. The van der Waals surface area contributed by atoms with Crippen molar-refractivity contribution in [3.63, 3.8) is 0 Å². The number of ether oxygens (including phenoxy) is 1. The van der Waals surface area contributed by atoms with Crippen LogP contribution < -0.4 is 11.5 Å². The van der Waals surface area contributed by atoms with Crippen molar-refractivity contribution in [2.24, 2.45) is 11.7 Å². The zero-order valence-electron chi connectivity index (χ0n) is 13.6. The summed E-state index contributed by atoms with van der Waals surface area (Å²) in [4.78, 5) is 24.6. The number of rotatable bonds is 7. The summed E-state index contributed by atoms with van der Waals surface area (Å²) in [5, 5.41) is 0.